The number of rotatable bonds is 8. The standard InChI is InChI=1S/C18H27N5OS/c1-6-7-8-17-20-22-18(25-17)21-19-15-10-9-14(11-16(15)24)23(12(2)3)13(4)5/h9-13,24H,6-8H2,1-5H3. The van der Waals surface area contributed by atoms with Gasteiger partial charge >= 0.3 is 0 Å². The Morgan fingerprint density at radius 3 is 2.44 bits per heavy atom. The third kappa shape index (κ3) is 5.22. The molecule has 136 valence electrons. The number of phenols is 1. The number of nitrogens with zero attached hydrogens (tertiary/aromatic N) is 5. The Kier molecular flexibility index (Phi) is 6.87. The summed E-state index contributed by atoms with van der Waals surface area (Å²) < 4.78 is 0. The molecule has 1 aromatic heterocycles. The van der Waals surface area contributed by atoms with Gasteiger partial charge in [0, 0.05) is 30.3 Å². The van der Waals surface area contributed by atoms with E-state index in [4.69, 9.17) is 0 Å². The molecular formula is C18H27N5OS. The Balaban J connectivity index is 2.14. The predicted octanol–water partition coefficient (Wildman–Crippen LogP) is 5.62. The molecule has 0 amide bonds. The van der Waals surface area contributed by atoms with Gasteiger partial charge in [-0.2, -0.15) is 0 Å². The van der Waals surface area contributed by atoms with Crippen molar-refractivity contribution >= 4 is 27.8 Å². The summed E-state index contributed by atoms with van der Waals surface area (Å²) >= 11 is 1.44. The molecule has 0 saturated heterocycles. The van der Waals surface area contributed by atoms with Crippen LogP contribution in [0, 0.1) is 0 Å². The van der Waals surface area contributed by atoms with Crippen molar-refractivity contribution < 1.29 is 5.11 Å². The number of unbranched alkanes of at least 4 members (excludes halogenated alkanes) is 1. The van der Waals surface area contributed by atoms with Gasteiger partial charge in [0.2, 0.25) is 0 Å². The van der Waals surface area contributed by atoms with Crippen molar-refractivity contribution in [2.45, 2.75) is 66.0 Å². The number of hydrogen-bond donors (Lipinski definition) is 1. The van der Waals surface area contributed by atoms with Crippen LogP contribution in [0.3, 0.4) is 0 Å². The Morgan fingerprint density at radius 2 is 1.84 bits per heavy atom. The van der Waals surface area contributed by atoms with Gasteiger partial charge in [-0.1, -0.05) is 24.7 Å². The molecule has 1 heterocycles. The molecule has 0 fully saturated rings. The quantitative estimate of drug-likeness (QED) is 0.619. The van der Waals surface area contributed by atoms with Crippen LogP contribution in [0.25, 0.3) is 0 Å². The monoisotopic (exact) mass is 361 g/mol. The molecule has 1 N–H and O–H groups in total. The van der Waals surface area contributed by atoms with E-state index in [0.29, 0.717) is 22.9 Å². The molecule has 0 atom stereocenters. The first-order chi connectivity index (χ1) is 11.9. The molecule has 7 heteroatoms. The van der Waals surface area contributed by atoms with Crippen LogP contribution in [0.15, 0.2) is 28.4 Å². The molecule has 25 heavy (non-hydrogen) atoms. The molecule has 6 nitrogen and oxygen atoms in total. The van der Waals surface area contributed by atoms with Crippen LogP contribution in [0.2, 0.25) is 0 Å². The number of benzene rings is 1. The first-order valence-electron chi connectivity index (χ1n) is 8.77. The van der Waals surface area contributed by atoms with E-state index in [9.17, 15) is 5.11 Å². The van der Waals surface area contributed by atoms with E-state index in [1.807, 2.05) is 6.07 Å². The maximum Gasteiger partial charge on any atom is 0.251 e. The van der Waals surface area contributed by atoms with Crippen molar-refractivity contribution in [2.24, 2.45) is 10.2 Å². The van der Waals surface area contributed by atoms with Crippen molar-refractivity contribution in [2.75, 3.05) is 4.90 Å². The SMILES string of the molecule is CCCCc1nnc(N=Nc2ccc(N(C(C)C)C(C)C)cc2O)s1. The number of aromatic nitrogens is 2. The second kappa shape index (κ2) is 8.89. The topological polar surface area (TPSA) is 74.0 Å². The van der Waals surface area contributed by atoms with Crippen LogP contribution in [0.5, 0.6) is 5.75 Å². The van der Waals surface area contributed by atoms with Crippen LogP contribution in [-0.2, 0) is 6.42 Å². The van der Waals surface area contributed by atoms with E-state index >= 15 is 0 Å². The number of hydrogen-bond acceptors (Lipinski definition) is 7. The van der Waals surface area contributed by atoms with E-state index in [-0.39, 0.29) is 5.75 Å². The third-order valence-electron chi connectivity index (χ3n) is 3.81. The van der Waals surface area contributed by atoms with Gasteiger partial charge in [-0.15, -0.1) is 20.4 Å². The molecule has 0 aliphatic rings. The van der Waals surface area contributed by atoms with Gasteiger partial charge in [0.1, 0.15) is 16.4 Å². The molecule has 0 spiro atoms. The van der Waals surface area contributed by atoms with Crippen molar-refractivity contribution in [1.82, 2.24) is 10.2 Å². The van der Waals surface area contributed by atoms with E-state index in [1.165, 1.54) is 11.3 Å². The maximum absolute atomic E-state index is 10.3. The molecule has 0 aliphatic carbocycles. The molecule has 0 aliphatic heterocycles. The van der Waals surface area contributed by atoms with Crippen molar-refractivity contribution in [3.63, 3.8) is 0 Å². The van der Waals surface area contributed by atoms with Crippen molar-refractivity contribution in [3.8, 4) is 5.75 Å². The first kappa shape index (κ1) is 19.3. The van der Waals surface area contributed by atoms with Gasteiger partial charge in [0.15, 0.2) is 0 Å². The number of aromatic hydroxyl groups is 1. The normalized spacial score (nSPS) is 11.8. The van der Waals surface area contributed by atoms with Crippen molar-refractivity contribution in [3.05, 3.63) is 23.2 Å². The van der Waals surface area contributed by atoms with Crippen molar-refractivity contribution in [1.29, 1.82) is 0 Å². The van der Waals surface area contributed by atoms with Gasteiger partial charge in [-0.3, -0.25) is 0 Å². The highest BCUT2D eigenvalue weighted by Crippen LogP contribution is 2.34. The maximum atomic E-state index is 10.3. The minimum atomic E-state index is 0.114. The van der Waals surface area contributed by atoms with Gasteiger partial charge in [-0.05, 0) is 46.2 Å². The van der Waals surface area contributed by atoms with Crippen LogP contribution < -0.4 is 4.90 Å². The fourth-order valence-corrected chi connectivity index (χ4v) is 3.46. The Bertz CT molecular complexity index is 703. The van der Waals surface area contributed by atoms with E-state index in [2.05, 4.69) is 59.9 Å². The summed E-state index contributed by atoms with van der Waals surface area (Å²) in [7, 11) is 0. The summed E-state index contributed by atoms with van der Waals surface area (Å²) in [5.41, 5.74) is 1.40. The zero-order valence-electron chi connectivity index (χ0n) is 15.6. The second-order valence-electron chi connectivity index (χ2n) is 6.55. The molecule has 2 rings (SSSR count). The average Bonchev–Trinajstić information content (AvgIpc) is 2.99. The molecule has 1 aromatic carbocycles. The number of aryl methyl sites for hydroxylation is 1. The smallest absolute Gasteiger partial charge is 0.251 e. The predicted molar refractivity (Wildman–Crippen MR) is 104 cm³/mol. The van der Waals surface area contributed by atoms with Crippen LogP contribution in [0.1, 0.15) is 52.5 Å². The highest BCUT2D eigenvalue weighted by atomic mass is 32.1. The lowest BCUT2D eigenvalue weighted by molar-refractivity contribution is 0.475. The Hall–Kier alpha value is -2.02. The van der Waals surface area contributed by atoms with Crippen LogP contribution >= 0.6 is 11.3 Å². The number of phenolic OH excluding ortho intramolecular Hbond substituents is 1. The lowest BCUT2D eigenvalue weighted by Gasteiger charge is -2.33. The van der Waals surface area contributed by atoms with E-state index in [0.717, 1.165) is 30.0 Å². The Morgan fingerprint density at radius 1 is 1.12 bits per heavy atom. The lowest BCUT2D eigenvalue weighted by Crippen LogP contribution is -2.36. The van der Waals surface area contributed by atoms with Crippen LogP contribution in [0.4, 0.5) is 16.5 Å². The molecule has 0 saturated carbocycles. The Labute approximate surface area is 153 Å². The second-order valence-corrected chi connectivity index (χ2v) is 7.59. The summed E-state index contributed by atoms with van der Waals surface area (Å²) in [6, 6.07) is 6.16. The summed E-state index contributed by atoms with van der Waals surface area (Å²) in [6.07, 6.45) is 3.14. The fourth-order valence-electron chi connectivity index (χ4n) is 2.76. The summed E-state index contributed by atoms with van der Waals surface area (Å²) in [4.78, 5) is 2.24. The average molecular weight is 362 g/mol. The van der Waals surface area contributed by atoms with Gasteiger partial charge < -0.3 is 10.0 Å². The summed E-state index contributed by atoms with van der Waals surface area (Å²) in [5, 5.41) is 28.1. The lowest BCUT2D eigenvalue weighted by atomic mass is 10.1. The summed E-state index contributed by atoms with van der Waals surface area (Å²) in [5.74, 6) is 0.114. The highest BCUT2D eigenvalue weighted by molar-refractivity contribution is 7.14. The number of azo groups is 1. The zero-order chi connectivity index (χ0) is 18.4. The third-order valence-corrected chi connectivity index (χ3v) is 4.68. The van der Waals surface area contributed by atoms with Gasteiger partial charge in [-0.25, -0.2) is 0 Å². The van der Waals surface area contributed by atoms with Gasteiger partial charge in [0.25, 0.3) is 5.13 Å². The zero-order valence-corrected chi connectivity index (χ0v) is 16.4. The molecule has 0 radical (unpaired) electrons. The molecular weight excluding hydrogens is 334 g/mol. The van der Waals surface area contributed by atoms with Gasteiger partial charge in [0.05, 0.1) is 0 Å². The van der Waals surface area contributed by atoms with E-state index < -0.39 is 0 Å². The molecule has 0 unspecified atom stereocenters. The number of anilines is 1. The molecule has 2 aromatic rings. The summed E-state index contributed by atoms with van der Waals surface area (Å²) in [6.45, 7) is 10.7. The van der Waals surface area contributed by atoms with Crippen LogP contribution in [-0.4, -0.2) is 27.4 Å². The largest absolute Gasteiger partial charge is 0.506 e. The molecule has 0 bridgehead atoms. The minimum Gasteiger partial charge on any atom is -0.506 e. The minimum absolute atomic E-state index is 0.114. The highest BCUT2D eigenvalue weighted by Gasteiger charge is 2.15. The first-order valence-corrected chi connectivity index (χ1v) is 9.59. The van der Waals surface area contributed by atoms with E-state index in [1.54, 1.807) is 12.1 Å². The fraction of sp³-hybridized carbons (Fsp3) is 0.556.